The molecule has 0 spiro atoms. The van der Waals surface area contributed by atoms with E-state index in [1.165, 1.54) is 0 Å². The van der Waals surface area contributed by atoms with Crippen LogP contribution >= 0.6 is 0 Å². The van der Waals surface area contributed by atoms with Gasteiger partial charge in [-0.2, -0.15) is 0 Å². The molecule has 0 unspecified atom stereocenters. The zero-order chi connectivity index (χ0) is 14.0. The van der Waals surface area contributed by atoms with Gasteiger partial charge in [0.15, 0.2) is 0 Å². The van der Waals surface area contributed by atoms with Crippen LogP contribution in [0.2, 0.25) is 0 Å². The largest absolute Gasteiger partial charge is 0.444 e. The molecule has 1 aliphatic rings. The molecular weight excluding hydrogens is 240 g/mol. The first-order valence-corrected chi connectivity index (χ1v) is 6.79. The van der Waals surface area contributed by atoms with Crippen LogP contribution in [0.15, 0.2) is 18.3 Å². The van der Waals surface area contributed by atoms with Crippen LogP contribution in [0.4, 0.5) is 4.79 Å². The molecule has 2 heterocycles. The monoisotopic (exact) mass is 262 g/mol. The average molecular weight is 262 g/mol. The number of carbonyl (C=O) groups excluding carboxylic acids is 1. The quantitative estimate of drug-likeness (QED) is 0.778. The van der Waals surface area contributed by atoms with Crippen molar-refractivity contribution in [3.63, 3.8) is 0 Å². The number of aromatic nitrogens is 1. The molecule has 4 heteroatoms. The highest BCUT2D eigenvalue weighted by Crippen LogP contribution is 2.33. The molecule has 0 aromatic carbocycles. The third-order valence-corrected chi connectivity index (χ3v) is 3.19. The van der Waals surface area contributed by atoms with Gasteiger partial charge in [0.2, 0.25) is 0 Å². The van der Waals surface area contributed by atoms with Crippen LogP contribution < -0.4 is 0 Å². The van der Waals surface area contributed by atoms with E-state index in [9.17, 15) is 4.79 Å². The number of ether oxygens (including phenoxy) is 1. The van der Waals surface area contributed by atoms with Crippen LogP contribution in [-0.2, 0) is 4.74 Å². The van der Waals surface area contributed by atoms with Crippen molar-refractivity contribution in [2.45, 2.75) is 52.2 Å². The minimum atomic E-state index is -0.446. The Bertz CT molecular complexity index is 465. The number of hydrogen-bond acceptors (Lipinski definition) is 3. The molecule has 0 N–H and O–H groups in total. The Kier molecular flexibility index (Phi) is 3.78. The molecule has 0 bridgehead atoms. The van der Waals surface area contributed by atoms with Crippen molar-refractivity contribution in [2.24, 2.45) is 0 Å². The molecule has 1 aromatic rings. The summed E-state index contributed by atoms with van der Waals surface area (Å²) in [6, 6.07) is 4.16. The van der Waals surface area contributed by atoms with Crippen molar-refractivity contribution in [1.29, 1.82) is 0 Å². The fourth-order valence-electron chi connectivity index (χ4n) is 2.43. The zero-order valence-electron chi connectivity index (χ0n) is 12.1. The highest BCUT2D eigenvalue weighted by molar-refractivity contribution is 5.69. The standard InChI is InChI=1S/C15H22N2O2/c1-11-10-12(7-8-16-11)13-6-5-9-17(13)14(18)19-15(2,3)4/h7-8,10,13H,5-6,9H2,1-4H3/t13-/m1/s1. The van der Waals surface area contributed by atoms with Gasteiger partial charge in [-0.1, -0.05) is 0 Å². The molecule has 1 aromatic heterocycles. The average Bonchev–Trinajstić information content (AvgIpc) is 2.75. The summed E-state index contributed by atoms with van der Waals surface area (Å²) in [7, 11) is 0. The third kappa shape index (κ3) is 3.46. The fraction of sp³-hybridized carbons (Fsp3) is 0.600. The topological polar surface area (TPSA) is 42.4 Å². The zero-order valence-corrected chi connectivity index (χ0v) is 12.1. The molecule has 1 amide bonds. The number of aryl methyl sites for hydroxylation is 1. The van der Waals surface area contributed by atoms with E-state index in [-0.39, 0.29) is 12.1 Å². The van der Waals surface area contributed by atoms with E-state index in [0.717, 1.165) is 30.6 Å². The fourth-order valence-corrected chi connectivity index (χ4v) is 2.43. The molecule has 19 heavy (non-hydrogen) atoms. The minimum absolute atomic E-state index is 0.122. The van der Waals surface area contributed by atoms with E-state index in [1.54, 1.807) is 6.20 Å². The first kappa shape index (κ1) is 13.8. The lowest BCUT2D eigenvalue weighted by molar-refractivity contribution is 0.0224. The molecule has 1 fully saturated rings. The number of carbonyl (C=O) groups is 1. The molecule has 0 aliphatic carbocycles. The number of nitrogens with zero attached hydrogens (tertiary/aromatic N) is 2. The van der Waals surface area contributed by atoms with Crippen LogP contribution in [0.3, 0.4) is 0 Å². The Hall–Kier alpha value is -1.58. The van der Waals surface area contributed by atoms with Gasteiger partial charge in [-0.05, 0) is 58.2 Å². The Morgan fingerprint density at radius 2 is 2.21 bits per heavy atom. The summed E-state index contributed by atoms with van der Waals surface area (Å²) in [5.74, 6) is 0. The summed E-state index contributed by atoms with van der Waals surface area (Å²) in [6.07, 6.45) is 3.59. The second-order valence-electron chi connectivity index (χ2n) is 6.06. The van der Waals surface area contributed by atoms with E-state index < -0.39 is 5.60 Å². The molecule has 2 rings (SSSR count). The lowest BCUT2D eigenvalue weighted by Crippen LogP contribution is -2.36. The number of hydrogen-bond donors (Lipinski definition) is 0. The number of amides is 1. The summed E-state index contributed by atoms with van der Waals surface area (Å²) in [5.41, 5.74) is 1.68. The van der Waals surface area contributed by atoms with E-state index in [2.05, 4.69) is 4.98 Å². The molecule has 0 saturated carbocycles. The second-order valence-corrected chi connectivity index (χ2v) is 6.06. The summed E-state index contributed by atoms with van der Waals surface area (Å²) in [4.78, 5) is 18.3. The predicted molar refractivity (Wildman–Crippen MR) is 73.9 cm³/mol. The van der Waals surface area contributed by atoms with E-state index in [4.69, 9.17) is 4.74 Å². The maximum atomic E-state index is 12.2. The smallest absolute Gasteiger partial charge is 0.410 e. The lowest BCUT2D eigenvalue weighted by atomic mass is 10.1. The van der Waals surface area contributed by atoms with Gasteiger partial charge in [0.1, 0.15) is 5.60 Å². The van der Waals surface area contributed by atoms with Gasteiger partial charge in [-0.15, -0.1) is 0 Å². The van der Waals surface area contributed by atoms with Crippen LogP contribution in [0, 0.1) is 6.92 Å². The van der Waals surface area contributed by atoms with Crippen LogP contribution in [0.5, 0.6) is 0 Å². The Morgan fingerprint density at radius 3 is 2.84 bits per heavy atom. The SMILES string of the molecule is Cc1cc([C@H]2CCCN2C(=O)OC(C)(C)C)ccn1. The first-order valence-electron chi connectivity index (χ1n) is 6.79. The summed E-state index contributed by atoms with van der Waals surface area (Å²) in [5, 5.41) is 0. The lowest BCUT2D eigenvalue weighted by Gasteiger charge is -2.28. The minimum Gasteiger partial charge on any atom is -0.444 e. The maximum absolute atomic E-state index is 12.2. The molecule has 104 valence electrons. The van der Waals surface area contributed by atoms with Gasteiger partial charge < -0.3 is 9.64 Å². The molecular formula is C15H22N2O2. The van der Waals surface area contributed by atoms with Crippen molar-refractivity contribution in [2.75, 3.05) is 6.54 Å². The van der Waals surface area contributed by atoms with Gasteiger partial charge in [0, 0.05) is 18.4 Å². The number of rotatable bonds is 1. The van der Waals surface area contributed by atoms with Crippen molar-refractivity contribution >= 4 is 6.09 Å². The second kappa shape index (κ2) is 5.19. The number of likely N-dealkylation sites (tertiary alicyclic amines) is 1. The van der Waals surface area contributed by atoms with E-state index in [0.29, 0.717) is 0 Å². The normalized spacial score (nSPS) is 19.6. The number of pyridine rings is 1. The summed E-state index contributed by atoms with van der Waals surface area (Å²) >= 11 is 0. The van der Waals surface area contributed by atoms with Gasteiger partial charge in [-0.3, -0.25) is 4.98 Å². The van der Waals surface area contributed by atoms with Crippen LogP contribution in [0.1, 0.15) is 50.9 Å². The van der Waals surface area contributed by atoms with E-state index in [1.807, 2.05) is 44.7 Å². The maximum Gasteiger partial charge on any atom is 0.410 e. The van der Waals surface area contributed by atoms with Crippen molar-refractivity contribution in [1.82, 2.24) is 9.88 Å². The van der Waals surface area contributed by atoms with Crippen LogP contribution in [-0.4, -0.2) is 28.1 Å². The van der Waals surface area contributed by atoms with E-state index >= 15 is 0 Å². The highest BCUT2D eigenvalue weighted by atomic mass is 16.6. The Labute approximate surface area is 114 Å². The van der Waals surface area contributed by atoms with Crippen molar-refractivity contribution in [3.05, 3.63) is 29.6 Å². The van der Waals surface area contributed by atoms with Gasteiger partial charge >= 0.3 is 6.09 Å². The van der Waals surface area contributed by atoms with Crippen LogP contribution in [0.25, 0.3) is 0 Å². The third-order valence-electron chi connectivity index (χ3n) is 3.19. The summed E-state index contributed by atoms with van der Waals surface area (Å²) < 4.78 is 5.47. The molecule has 1 atom stereocenters. The molecule has 0 radical (unpaired) electrons. The molecule has 4 nitrogen and oxygen atoms in total. The van der Waals surface area contributed by atoms with Crippen molar-refractivity contribution < 1.29 is 9.53 Å². The van der Waals surface area contributed by atoms with Crippen molar-refractivity contribution in [3.8, 4) is 0 Å². The Balaban J connectivity index is 2.15. The highest BCUT2D eigenvalue weighted by Gasteiger charge is 2.33. The first-order chi connectivity index (χ1) is 8.87. The molecule has 1 saturated heterocycles. The van der Waals surface area contributed by atoms with Gasteiger partial charge in [0.05, 0.1) is 6.04 Å². The van der Waals surface area contributed by atoms with Gasteiger partial charge in [0.25, 0.3) is 0 Å². The Morgan fingerprint density at radius 1 is 1.47 bits per heavy atom. The predicted octanol–water partition coefficient (Wildman–Crippen LogP) is 3.46. The van der Waals surface area contributed by atoms with Gasteiger partial charge in [-0.25, -0.2) is 4.79 Å². The summed E-state index contributed by atoms with van der Waals surface area (Å²) in [6.45, 7) is 8.42. The molecule has 1 aliphatic heterocycles.